The van der Waals surface area contributed by atoms with Gasteiger partial charge in [-0.2, -0.15) is 0 Å². The molecule has 0 aromatic heterocycles. The third-order valence-electron chi connectivity index (χ3n) is 5.64. The Labute approximate surface area is 125 Å². The van der Waals surface area contributed by atoms with E-state index in [1.807, 2.05) is 0 Å². The van der Waals surface area contributed by atoms with Crippen LogP contribution >= 0.6 is 0 Å². The van der Waals surface area contributed by atoms with Gasteiger partial charge in [0.15, 0.2) is 11.6 Å². The van der Waals surface area contributed by atoms with Gasteiger partial charge in [0.1, 0.15) is 0 Å². The Kier molecular flexibility index (Phi) is 4.30. The van der Waals surface area contributed by atoms with Crippen LogP contribution in [0.15, 0.2) is 12.1 Å². The molecule has 4 unspecified atom stereocenters. The predicted molar refractivity (Wildman–Crippen MR) is 79.3 cm³/mol. The molecule has 3 rings (SSSR count). The minimum absolute atomic E-state index is 0.181. The largest absolute Gasteiger partial charge is 0.381 e. The van der Waals surface area contributed by atoms with E-state index in [-0.39, 0.29) is 5.92 Å². The molecule has 116 valence electrons. The van der Waals surface area contributed by atoms with E-state index >= 15 is 0 Å². The van der Waals surface area contributed by atoms with Crippen molar-refractivity contribution in [1.82, 2.24) is 0 Å². The molecule has 1 aromatic carbocycles. The van der Waals surface area contributed by atoms with Crippen molar-refractivity contribution < 1.29 is 13.5 Å². The Morgan fingerprint density at radius 2 is 1.67 bits per heavy atom. The van der Waals surface area contributed by atoms with Gasteiger partial charge in [-0.05, 0) is 74.3 Å². The lowest BCUT2D eigenvalue weighted by atomic mass is 9.65. The van der Waals surface area contributed by atoms with Crippen LogP contribution in [0.5, 0.6) is 0 Å². The Balaban J connectivity index is 1.74. The minimum atomic E-state index is -0.669. The second-order valence-corrected chi connectivity index (χ2v) is 6.80. The van der Waals surface area contributed by atoms with E-state index in [2.05, 4.69) is 0 Å². The maximum Gasteiger partial charge on any atom is 0.162 e. The smallest absolute Gasteiger partial charge is 0.162 e. The Morgan fingerprint density at radius 1 is 0.952 bits per heavy atom. The molecule has 1 aromatic rings. The Morgan fingerprint density at radius 3 is 2.43 bits per heavy atom. The minimum Gasteiger partial charge on any atom is -0.381 e. The molecule has 4 atom stereocenters. The number of ether oxygens (including phenoxy) is 1. The van der Waals surface area contributed by atoms with Crippen molar-refractivity contribution in [2.24, 2.45) is 11.8 Å². The zero-order valence-electron chi connectivity index (χ0n) is 12.9. The molecule has 0 N–H and O–H groups in total. The highest BCUT2D eigenvalue weighted by Gasteiger charge is 2.37. The molecule has 0 heterocycles. The van der Waals surface area contributed by atoms with Crippen LogP contribution in [0.4, 0.5) is 8.78 Å². The summed E-state index contributed by atoms with van der Waals surface area (Å²) in [6.45, 7) is 1.62. The number of methoxy groups -OCH3 is 1. The highest BCUT2D eigenvalue weighted by atomic mass is 19.2. The van der Waals surface area contributed by atoms with Crippen LogP contribution in [-0.4, -0.2) is 13.2 Å². The van der Waals surface area contributed by atoms with E-state index in [9.17, 15) is 8.78 Å². The van der Waals surface area contributed by atoms with Crippen LogP contribution in [0.1, 0.15) is 55.6 Å². The van der Waals surface area contributed by atoms with E-state index < -0.39 is 11.6 Å². The van der Waals surface area contributed by atoms with Gasteiger partial charge < -0.3 is 4.74 Å². The summed E-state index contributed by atoms with van der Waals surface area (Å²) in [6, 6.07) is 3.50. The van der Waals surface area contributed by atoms with Crippen molar-refractivity contribution in [2.45, 2.75) is 57.5 Å². The molecule has 3 heteroatoms. The Hall–Kier alpha value is -0.960. The first-order valence-corrected chi connectivity index (χ1v) is 8.07. The zero-order valence-corrected chi connectivity index (χ0v) is 12.9. The lowest BCUT2D eigenvalue weighted by Gasteiger charge is -2.42. The van der Waals surface area contributed by atoms with Gasteiger partial charge in [-0.3, -0.25) is 0 Å². The van der Waals surface area contributed by atoms with Crippen molar-refractivity contribution in [3.8, 4) is 0 Å². The molecule has 2 aliphatic carbocycles. The summed E-state index contributed by atoms with van der Waals surface area (Å²) in [5.41, 5.74) is 0.982. The van der Waals surface area contributed by atoms with Gasteiger partial charge in [0.05, 0.1) is 6.10 Å². The second-order valence-electron chi connectivity index (χ2n) is 6.80. The van der Waals surface area contributed by atoms with Crippen LogP contribution in [0.25, 0.3) is 0 Å². The first kappa shape index (κ1) is 15.0. The number of rotatable bonds is 2. The van der Waals surface area contributed by atoms with Crippen molar-refractivity contribution in [3.63, 3.8) is 0 Å². The van der Waals surface area contributed by atoms with Crippen LogP contribution in [0, 0.1) is 30.4 Å². The molecule has 0 spiro atoms. The van der Waals surface area contributed by atoms with Crippen molar-refractivity contribution in [1.29, 1.82) is 0 Å². The fraction of sp³-hybridized carbons (Fsp3) is 0.667. The second kappa shape index (κ2) is 6.04. The van der Waals surface area contributed by atoms with Crippen LogP contribution in [0.2, 0.25) is 0 Å². The fourth-order valence-electron chi connectivity index (χ4n) is 4.32. The predicted octanol–water partition coefficient (Wildman–Crippen LogP) is 4.97. The molecule has 0 amide bonds. The topological polar surface area (TPSA) is 9.23 Å². The normalized spacial score (nSPS) is 32.8. The lowest BCUT2D eigenvalue weighted by molar-refractivity contribution is 0.0121. The monoisotopic (exact) mass is 294 g/mol. The summed E-state index contributed by atoms with van der Waals surface area (Å²) in [7, 11) is 1.79. The number of hydrogen-bond donors (Lipinski definition) is 0. The van der Waals surface area contributed by atoms with Crippen LogP contribution in [0.3, 0.4) is 0 Å². The molecule has 2 aliphatic rings. The molecule has 2 saturated carbocycles. The summed E-state index contributed by atoms with van der Waals surface area (Å²) in [4.78, 5) is 0. The van der Waals surface area contributed by atoms with Crippen LogP contribution in [-0.2, 0) is 4.74 Å². The van der Waals surface area contributed by atoms with Gasteiger partial charge >= 0.3 is 0 Å². The molecule has 0 bridgehead atoms. The number of fused-ring (bicyclic) bond motifs is 1. The first-order chi connectivity index (χ1) is 10.1. The van der Waals surface area contributed by atoms with Crippen molar-refractivity contribution in [3.05, 3.63) is 34.9 Å². The van der Waals surface area contributed by atoms with E-state index in [1.165, 1.54) is 0 Å². The fourth-order valence-corrected chi connectivity index (χ4v) is 4.32. The Bertz CT molecular complexity index is 514. The van der Waals surface area contributed by atoms with E-state index in [1.54, 1.807) is 26.2 Å². The maximum absolute atomic E-state index is 14.2. The maximum atomic E-state index is 14.2. The van der Waals surface area contributed by atoms with E-state index in [0.29, 0.717) is 29.1 Å². The molecule has 21 heavy (non-hydrogen) atoms. The summed E-state index contributed by atoms with van der Waals surface area (Å²) in [6.07, 6.45) is 6.89. The van der Waals surface area contributed by atoms with Gasteiger partial charge in [-0.1, -0.05) is 12.1 Å². The molecule has 2 fully saturated rings. The first-order valence-electron chi connectivity index (χ1n) is 8.07. The number of halogens is 2. The van der Waals surface area contributed by atoms with E-state index in [0.717, 1.165) is 38.5 Å². The average molecular weight is 294 g/mol. The summed E-state index contributed by atoms with van der Waals surface area (Å²) in [5.74, 6) is 0.249. The summed E-state index contributed by atoms with van der Waals surface area (Å²) >= 11 is 0. The van der Waals surface area contributed by atoms with Crippen LogP contribution < -0.4 is 0 Å². The molecular weight excluding hydrogens is 270 g/mol. The molecular formula is C18H24F2O. The average Bonchev–Trinajstić information content (AvgIpc) is 2.52. The highest BCUT2D eigenvalue weighted by molar-refractivity contribution is 5.28. The molecule has 1 nitrogen and oxygen atoms in total. The molecule has 0 aliphatic heterocycles. The van der Waals surface area contributed by atoms with Gasteiger partial charge in [0.25, 0.3) is 0 Å². The molecule has 0 saturated heterocycles. The SMILES string of the molecule is COC1CCC2CC(c3ccc(C)c(F)c3F)CCC2C1. The number of aryl methyl sites for hydroxylation is 1. The third-order valence-corrected chi connectivity index (χ3v) is 5.64. The standard InChI is InChI=1S/C18H24F2O/c1-11-3-8-16(18(20)17(11)19)14-5-4-13-10-15(21-2)7-6-12(13)9-14/h3,8,12-15H,4-7,9-10H2,1-2H3. The molecule has 0 radical (unpaired) electrons. The summed E-state index contributed by atoms with van der Waals surface area (Å²) in [5, 5.41) is 0. The van der Waals surface area contributed by atoms with Gasteiger partial charge in [0, 0.05) is 7.11 Å². The quantitative estimate of drug-likeness (QED) is 0.748. The number of benzene rings is 1. The summed E-state index contributed by atoms with van der Waals surface area (Å²) < 4.78 is 33.5. The van der Waals surface area contributed by atoms with Gasteiger partial charge in [-0.15, -0.1) is 0 Å². The van der Waals surface area contributed by atoms with Crippen molar-refractivity contribution >= 4 is 0 Å². The van der Waals surface area contributed by atoms with E-state index in [4.69, 9.17) is 4.74 Å². The number of hydrogen-bond acceptors (Lipinski definition) is 1. The van der Waals surface area contributed by atoms with Gasteiger partial charge in [-0.25, -0.2) is 8.78 Å². The highest BCUT2D eigenvalue weighted by Crippen LogP contribution is 2.47. The zero-order chi connectivity index (χ0) is 15.0. The van der Waals surface area contributed by atoms with Gasteiger partial charge in [0.2, 0.25) is 0 Å². The lowest BCUT2D eigenvalue weighted by Crippen LogP contribution is -2.33. The third kappa shape index (κ3) is 2.85. The van der Waals surface area contributed by atoms with Crippen molar-refractivity contribution in [2.75, 3.05) is 7.11 Å².